The molecule has 2 aromatic carbocycles. The van der Waals surface area contributed by atoms with Crippen molar-refractivity contribution in [2.24, 2.45) is 0 Å². The van der Waals surface area contributed by atoms with E-state index in [-0.39, 0.29) is 4.83 Å². The lowest BCUT2D eigenvalue weighted by Crippen LogP contribution is -1.93. The third-order valence-electron chi connectivity index (χ3n) is 3.20. The Morgan fingerprint density at radius 2 is 1.74 bits per heavy atom. The van der Waals surface area contributed by atoms with Gasteiger partial charge in [0, 0.05) is 9.60 Å². The number of thioether (sulfide) groups is 1. The lowest BCUT2D eigenvalue weighted by molar-refractivity contribution is 1.14. The van der Waals surface area contributed by atoms with Gasteiger partial charge in [0.25, 0.3) is 0 Å². The van der Waals surface area contributed by atoms with Crippen LogP contribution in [0.15, 0.2) is 58.8 Å². The van der Waals surface area contributed by atoms with Crippen LogP contribution in [0.1, 0.15) is 16.0 Å². The van der Waals surface area contributed by atoms with Crippen molar-refractivity contribution in [3.63, 3.8) is 0 Å². The first kappa shape index (κ1) is 13.2. The molecule has 1 atom stereocenters. The molecular weight excluding hydrogens is 336 g/mol. The number of alkyl halides is 1. The fourth-order valence-electron chi connectivity index (χ4n) is 2.24. The molecule has 0 N–H and O–H groups in total. The van der Waals surface area contributed by atoms with Crippen LogP contribution in [0, 0.1) is 0 Å². The van der Waals surface area contributed by atoms with E-state index in [2.05, 4.69) is 76.1 Å². The molecule has 3 heteroatoms. The summed E-state index contributed by atoms with van der Waals surface area (Å²) in [7, 11) is 0. The molecule has 0 aliphatic heterocycles. The van der Waals surface area contributed by atoms with Gasteiger partial charge in [-0.2, -0.15) is 0 Å². The van der Waals surface area contributed by atoms with Crippen LogP contribution in [-0.2, 0) is 0 Å². The molecule has 0 saturated carbocycles. The van der Waals surface area contributed by atoms with Crippen LogP contribution in [0.4, 0.5) is 0 Å². The molecule has 96 valence electrons. The summed E-state index contributed by atoms with van der Waals surface area (Å²) in [5.74, 6) is 0. The second-order valence-corrected chi connectivity index (χ2v) is 6.97. The zero-order valence-electron chi connectivity index (χ0n) is 10.5. The molecule has 1 unspecified atom stereocenters. The Hall–Kier alpha value is -0.770. The highest BCUT2D eigenvalue weighted by atomic mass is 79.9. The van der Waals surface area contributed by atoms with E-state index in [9.17, 15) is 0 Å². The summed E-state index contributed by atoms with van der Waals surface area (Å²) in [6.07, 6.45) is 2.13. The van der Waals surface area contributed by atoms with Crippen LogP contribution in [0.5, 0.6) is 0 Å². The molecule has 19 heavy (non-hydrogen) atoms. The summed E-state index contributed by atoms with van der Waals surface area (Å²) in [6.45, 7) is 0. The van der Waals surface area contributed by atoms with Gasteiger partial charge in [-0.1, -0.05) is 52.3 Å². The lowest BCUT2D eigenvalue weighted by Gasteiger charge is -2.13. The minimum atomic E-state index is 0.257. The Bertz CT molecular complexity index is 703. The first-order valence-corrected chi connectivity index (χ1v) is 9.06. The monoisotopic (exact) mass is 348 g/mol. The molecule has 1 heterocycles. The van der Waals surface area contributed by atoms with Gasteiger partial charge in [0.2, 0.25) is 0 Å². The molecule has 3 aromatic rings. The van der Waals surface area contributed by atoms with E-state index in [1.165, 1.54) is 26.1 Å². The van der Waals surface area contributed by atoms with E-state index < -0.39 is 0 Å². The van der Waals surface area contributed by atoms with Crippen LogP contribution in [0.25, 0.3) is 10.1 Å². The van der Waals surface area contributed by atoms with Gasteiger partial charge < -0.3 is 0 Å². The summed E-state index contributed by atoms with van der Waals surface area (Å²) < 4.78 is 1.35. The Balaban J connectivity index is 2.11. The smallest absolute Gasteiger partial charge is 0.0669 e. The predicted molar refractivity (Wildman–Crippen MR) is 90.8 cm³/mol. The first-order valence-electron chi connectivity index (χ1n) is 6.04. The van der Waals surface area contributed by atoms with Crippen molar-refractivity contribution in [3.05, 3.63) is 65.0 Å². The van der Waals surface area contributed by atoms with Gasteiger partial charge >= 0.3 is 0 Å². The van der Waals surface area contributed by atoms with Gasteiger partial charge in [-0.25, -0.2) is 0 Å². The van der Waals surface area contributed by atoms with Gasteiger partial charge in [0.05, 0.1) is 4.83 Å². The van der Waals surface area contributed by atoms with Crippen molar-refractivity contribution >= 4 is 49.1 Å². The van der Waals surface area contributed by atoms with Crippen molar-refractivity contribution in [1.82, 2.24) is 0 Å². The minimum Gasteiger partial charge on any atom is -0.143 e. The average molecular weight is 349 g/mol. The maximum absolute atomic E-state index is 3.88. The number of hydrogen-bond acceptors (Lipinski definition) is 2. The van der Waals surface area contributed by atoms with E-state index in [1.807, 2.05) is 11.3 Å². The summed E-state index contributed by atoms with van der Waals surface area (Å²) >= 11 is 7.49. The van der Waals surface area contributed by atoms with E-state index in [1.54, 1.807) is 11.8 Å². The maximum atomic E-state index is 3.88. The molecular formula is C16H13BrS2. The van der Waals surface area contributed by atoms with E-state index >= 15 is 0 Å². The largest absolute Gasteiger partial charge is 0.143 e. The fraction of sp³-hybridized carbons (Fsp3) is 0.125. The zero-order valence-corrected chi connectivity index (χ0v) is 13.7. The topological polar surface area (TPSA) is 0 Å². The molecule has 0 saturated heterocycles. The Labute approximate surface area is 130 Å². The highest BCUT2D eigenvalue weighted by molar-refractivity contribution is 9.09. The normalized spacial score (nSPS) is 12.7. The molecule has 0 fully saturated rings. The first-order chi connectivity index (χ1) is 9.31. The fourth-order valence-corrected chi connectivity index (χ4v) is 4.97. The molecule has 0 amide bonds. The minimum absolute atomic E-state index is 0.257. The molecule has 0 spiro atoms. The van der Waals surface area contributed by atoms with E-state index in [0.717, 1.165) is 0 Å². The van der Waals surface area contributed by atoms with Gasteiger partial charge in [0.1, 0.15) is 0 Å². The molecule has 1 aromatic heterocycles. The number of rotatable bonds is 3. The van der Waals surface area contributed by atoms with Crippen molar-refractivity contribution in [3.8, 4) is 0 Å². The number of halogens is 1. The summed E-state index contributed by atoms with van der Waals surface area (Å²) in [5, 5.41) is 3.62. The summed E-state index contributed by atoms with van der Waals surface area (Å²) in [6, 6.07) is 17.2. The molecule has 0 nitrogen and oxygen atoms in total. The van der Waals surface area contributed by atoms with Gasteiger partial charge in [-0.15, -0.1) is 23.1 Å². The highest BCUT2D eigenvalue weighted by Gasteiger charge is 2.17. The summed E-state index contributed by atoms with van der Waals surface area (Å²) in [4.78, 5) is 1.59. The second-order valence-electron chi connectivity index (χ2n) is 4.29. The number of fused-ring (bicyclic) bond motifs is 1. The Morgan fingerprint density at radius 1 is 1.00 bits per heavy atom. The zero-order chi connectivity index (χ0) is 13.2. The average Bonchev–Trinajstić information content (AvgIpc) is 2.90. The van der Waals surface area contributed by atoms with Crippen molar-refractivity contribution in [2.75, 3.05) is 6.26 Å². The molecule has 0 aliphatic carbocycles. The van der Waals surface area contributed by atoms with Crippen LogP contribution < -0.4 is 0 Å². The van der Waals surface area contributed by atoms with Crippen LogP contribution >= 0.6 is 39.0 Å². The molecule has 0 bridgehead atoms. The van der Waals surface area contributed by atoms with Crippen molar-refractivity contribution in [1.29, 1.82) is 0 Å². The quantitative estimate of drug-likeness (QED) is 0.406. The predicted octanol–water partition coefficient (Wildman–Crippen LogP) is 6.11. The Kier molecular flexibility index (Phi) is 3.96. The van der Waals surface area contributed by atoms with Crippen molar-refractivity contribution < 1.29 is 0 Å². The van der Waals surface area contributed by atoms with Gasteiger partial charge in [-0.3, -0.25) is 0 Å². The summed E-state index contributed by atoms with van der Waals surface area (Å²) in [5.41, 5.74) is 2.71. The molecule has 0 radical (unpaired) electrons. The van der Waals surface area contributed by atoms with E-state index in [4.69, 9.17) is 0 Å². The standard InChI is InChI=1S/C16H13BrS2/c1-18-14-8-4-3-7-12(14)16(17)13-10-19-15-9-5-2-6-11(13)15/h2-10,16H,1H3. The third kappa shape index (κ3) is 2.47. The second kappa shape index (κ2) is 5.70. The van der Waals surface area contributed by atoms with Crippen LogP contribution in [0.3, 0.4) is 0 Å². The number of hydrogen-bond donors (Lipinski definition) is 0. The van der Waals surface area contributed by atoms with Crippen LogP contribution in [0.2, 0.25) is 0 Å². The molecule has 3 rings (SSSR count). The highest BCUT2D eigenvalue weighted by Crippen LogP contribution is 2.41. The SMILES string of the molecule is CSc1ccccc1C(Br)c1csc2ccccc12. The number of benzene rings is 2. The third-order valence-corrected chi connectivity index (χ3v) is 5.98. The lowest BCUT2D eigenvalue weighted by atomic mass is 10.0. The van der Waals surface area contributed by atoms with Crippen molar-refractivity contribution in [2.45, 2.75) is 9.72 Å². The van der Waals surface area contributed by atoms with E-state index in [0.29, 0.717) is 0 Å². The molecule has 0 aliphatic rings. The number of thiophene rings is 1. The maximum Gasteiger partial charge on any atom is 0.0669 e. The van der Waals surface area contributed by atoms with Gasteiger partial charge in [-0.05, 0) is 40.3 Å². The van der Waals surface area contributed by atoms with Crippen LogP contribution in [-0.4, -0.2) is 6.26 Å². The van der Waals surface area contributed by atoms with Gasteiger partial charge in [0.15, 0.2) is 0 Å². The Morgan fingerprint density at radius 3 is 2.58 bits per heavy atom.